The number of halogens is 2. The lowest BCUT2D eigenvalue weighted by Gasteiger charge is -2.34. The van der Waals surface area contributed by atoms with Crippen molar-refractivity contribution < 1.29 is 17.9 Å². The molecule has 2 unspecified atom stereocenters. The number of nitrogens with one attached hydrogen (secondary N) is 1. The molecule has 0 aliphatic carbocycles. The number of morpholine rings is 1. The number of benzene rings is 2. The fourth-order valence-corrected chi connectivity index (χ4v) is 5.09. The first-order valence-electron chi connectivity index (χ1n) is 8.69. The van der Waals surface area contributed by atoms with Gasteiger partial charge in [-0.25, -0.2) is 8.42 Å². The molecule has 150 valence electrons. The summed E-state index contributed by atoms with van der Waals surface area (Å²) in [5, 5.41) is 3.46. The van der Waals surface area contributed by atoms with E-state index in [0.717, 1.165) is 0 Å². The van der Waals surface area contributed by atoms with Crippen LogP contribution in [0.5, 0.6) is 0 Å². The van der Waals surface area contributed by atoms with E-state index in [1.807, 2.05) is 13.8 Å². The van der Waals surface area contributed by atoms with Crippen molar-refractivity contribution in [1.29, 1.82) is 0 Å². The minimum absolute atomic E-state index is 0.134. The maximum Gasteiger partial charge on any atom is 0.255 e. The molecule has 6 nitrogen and oxygen atoms in total. The number of rotatable bonds is 4. The number of amides is 1. The molecule has 1 aliphatic heterocycles. The summed E-state index contributed by atoms with van der Waals surface area (Å²) in [6.07, 6.45) is -0.347. The van der Waals surface area contributed by atoms with Gasteiger partial charge in [0.15, 0.2) is 0 Å². The van der Waals surface area contributed by atoms with Crippen LogP contribution in [0.4, 0.5) is 5.69 Å². The van der Waals surface area contributed by atoms with E-state index < -0.39 is 15.9 Å². The van der Waals surface area contributed by atoms with E-state index in [2.05, 4.69) is 5.32 Å². The molecule has 0 bridgehead atoms. The van der Waals surface area contributed by atoms with E-state index >= 15 is 0 Å². The van der Waals surface area contributed by atoms with Gasteiger partial charge >= 0.3 is 0 Å². The molecule has 9 heteroatoms. The number of sulfonamides is 1. The van der Waals surface area contributed by atoms with Crippen LogP contribution in [0, 0.1) is 0 Å². The van der Waals surface area contributed by atoms with Gasteiger partial charge in [0.05, 0.1) is 27.8 Å². The molecule has 0 aromatic heterocycles. The van der Waals surface area contributed by atoms with Gasteiger partial charge in [-0.05, 0) is 56.3 Å². The fraction of sp³-hybridized carbons (Fsp3) is 0.316. The molecular weight excluding hydrogens is 423 g/mol. The van der Waals surface area contributed by atoms with Gasteiger partial charge in [-0.3, -0.25) is 4.79 Å². The summed E-state index contributed by atoms with van der Waals surface area (Å²) < 4.78 is 32.7. The van der Waals surface area contributed by atoms with Crippen LogP contribution in [0.2, 0.25) is 10.0 Å². The van der Waals surface area contributed by atoms with Crippen LogP contribution in [0.1, 0.15) is 24.2 Å². The van der Waals surface area contributed by atoms with E-state index in [9.17, 15) is 13.2 Å². The molecule has 1 N–H and O–H groups in total. The summed E-state index contributed by atoms with van der Waals surface area (Å²) in [4.78, 5) is 12.6. The normalized spacial score (nSPS) is 20.7. The van der Waals surface area contributed by atoms with Gasteiger partial charge < -0.3 is 10.1 Å². The monoisotopic (exact) mass is 442 g/mol. The summed E-state index contributed by atoms with van der Waals surface area (Å²) in [5.41, 5.74) is 0.734. The molecule has 1 fully saturated rings. The van der Waals surface area contributed by atoms with Gasteiger partial charge in [0.25, 0.3) is 5.91 Å². The maximum atomic E-state index is 12.9. The second kappa shape index (κ2) is 8.39. The highest BCUT2D eigenvalue weighted by molar-refractivity contribution is 7.89. The summed E-state index contributed by atoms with van der Waals surface area (Å²) in [6, 6.07) is 10.5. The largest absolute Gasteiger partial charge is 0.373 e. The molecule has 2 aromatic rings. The number of hydrogen-bond acceptors (Lipinski definition) is 4. The Balaban J connectivity index is 1.76. The molecule has 0 spiro atoms. The molecule has 3 rings (SSSR count). The Morgan fingerprint density at radius 1 is 1.07 bits per heavy atom. The van der Waals surface area contributed by atoms with Crippen LogP contribution < -0.4 is 5.32 Å². The fourth-order valence-electron chi connectivity index (χ4n) is 3.04. The molecule has 1 saturated heterocycles. The SMILES string of the molecule is CC1CN(S(=O)(=O)c2ccc(C(=O)Nc3ccc(Cl)cc3Cl)cc2)CC(C)O1. The smallest absolute Gasteiger partial charge is 0.255 e. The lowest BCUT2D eigenvalue weighted by molar-refractivity contribution is -0.0440. The van der Waals surface area contributed by atoms with Crippen LogP contribution in [-0.4, -0.2) is 43.9 Å². The Hall–Kier alpha value is -1.64. The van der Waals surface area contributed by atoms with Gasteiger partial charge in [0.2, 0.25) is 10.0 Å². The third-order valence-corrected chi connectivity index (χ3v) is 6.71. The number of carbonyl (C=O) groups is 1. The van der Waals surface area contributed by atoms with Gasteiger partial charge in [0.1, 0.15) is 0 Å². The van der Waals surface area contributed by atoms with Gasteiger partial charge in [-0.1, -0.05) is 23.2 Å². The van der Waals surface area contributed by atoms with Crippen molar-refractivity contribution in [1.82, 2.24) is 4.31 Å². The van der Waals surface area contributed by atoms with Crippen LogP contribution in [-0.2, 0) is 14.8 Å². The summed E-state index contributed by atoms with van der Waals surface area (Å²) in [6.45, 7) is 4.27. The predicted molar refractivity (Wildman–Crippen MR) is 110 cm³/mol. The van der Waals surface area contributed by atoms with Crippen molar-refractivity contribution in [2.45, 2.75) is 31.0 Å². The molecule has 0 radical (unpaired) electrons. The Morgan fingerprint density at radius 3 is 2.25 bits per heavy atom. The highest BCUT2D eigenvalue weighted by atomic mass is 35.5. The van der Waals surface area contributed by atoms with E-state index in [0.29, 0.717) is 34.4 Å². The van der Waals surface area contributed by atoms with Crippen molar-refractivity contribution in [3.63, 3.8) is 0 Å². The first kappa shape index (κ1) is 21.1. The Bertz CT molecular complexity index is 970. The number of hydrogen-bond donors (Lipinski definition) is 1. The summed E-state index contributed by atoms with van der Waals surface area (Å²) >= 11 is 11.9. The van der Waals surface area contributed by atoms with Crippen molar-refractivity contribution in [3.8, 4) is 0 Å². The molecular formula is C19H20Cl2N2O4S. The van der Waals surface area contributed by atoms with Crippen molar-refractivity contribution in [3.05, 3.63) is 58.1 Å². The first-order chi connectivity index (χ1) is 13.2. The van der Waals surface area contributed by atoms with Gasteiger partial charge in [-0.2, -0.15) is 4.31 Å². The maximum absolute atomic E-state index is 12.9. The highest BCUT2D eigenvalue weighted by Crippen LogP contribution is 2.26. The number of nitrogens with zero attached hydrogens (tertiary/aromatic N) is 1. The second-order valence-electron chi connectivity index (χ2n) is 6.68. The number of anilines is 1. The van der Waals surface area contributed by atoms with Crippen LogP contribution in [0.15, 0.2) is 47.4 Å². The molecule has 1 heterocycles. The minimum atomic E-state index is -3.65. The topological polar surface area (TPSA) is 75.7 Å². The number of ether oxygens (including phenoxy) is 1. The van der Waals surface area contributed by atoms with E-state index in [-0.39, 0.29) is 17.1 Å². The van der Waals surface area contributed by atoms with Crippen molar-refractivity contribution in [2.75, 3.05) is 18.4 Å². The number of carbonyl (C=O) groups excluding carboxylic acids is 1. The lowest BCUT2D eigenvalue weighted by Crippen LogP contribution is -2.48. The lowest BCUT2D eigenvalue weighted by atomic mass is 10.2. The second-order valence-corrected chi connectivity index (χ2v) is 9.46. The van der Waals surface area contributed by atoms with Gasteiger partial charge in [-0.15, -0.1) is 0 Å². The van der Waals surface area contributed by atoms with Crippen LogP contribution in [0.25, 0.3) is 0 Å². The Morgan fingerprint density at radius 2 is 1.68 bits per heavy atom. The molecule has 28 heavy (non-hydrogen) atoms. The molecule has 2 atom stereocenters. The van der Waals surface area contributed by atoms with Crippen molar-refractivity contribution in [2.24, 2.45) is 0 Å². The zero-order chi connectivity index (χ0) is 20.5. The molecule has 0 saturated carbocycles. The predicted octanol–water partition coefficient (Wildman–Crippen LogP) is 4.04. The minimum Gasteiger partial charge on any atom is -0.373 e. The standard InChI is InChI=1S/C19H20Cl2N2O4S/c1-12-10-23(11-13(2)27-12)28(25,26)16-6-3-14(4-7-16)19(24)22-18-8-5-15(20)9-17(18)21/h3-9,12-13H,10-11H2,1-2H3,(H,22,24). The van der Waals surface area contributed by atoms with E-state index in [1.54, 1.807) is 12.1 Å². The third kappa shape index (κ3) is 4.67. The van der Waals surface area contributed by atoms with Crippen molar-refractivity contribution >= 4 is 44.8 Å². The Labute approximate surface area is 174 Å². The zero-order valence-electron chi connectivity index (χ0n) is 15.4. The average molecular weight is 443 g/mol. The highest BCUT2D eigenvalue weighted by Gasteiger charge is 2.32. The van der Waals surface area contributed by atoms with Crippen LogP contribution >= 0.6 is 23.2 Å². The molecule has 1 aliphatic rings. The van der Waals surface area contributed by atoms with E-state index in [4.69, 9.17) is 27.9 Å². The summed E-state index contributed by atoms with van der Waals surface area (Å²) in [7, 11) is -3.65. The third-order valence-electron chi connectivity index (χ3n) is 4.32. The van der Waals surface area contributed by atoms with Crippen LogP contribution in [0.3, 0.4) is 0 Å². The first-order valence-corrected chi connectivity index (χ1v) is 10.9. The molecule has 2 aromatic carbocycles. The summed E-state index contributed by atoms with van der Waals surface area (Å²) in [5.74, 6) is -0.401. The quantitative estimate of drug-likeness (QED) is 0.774. The molecule has 1 amide bonds. The Kier molecular flexibility index (Phi) is 6.31. The zero-order valence-corrected chi connectivity index (χ0v) is 17.7. The van der Waals surface area contributed by atoms with E-state index in [1.165, 1.54) is 34.6 Å². The van der Waals surface area contributed by atoms with Gasteiger partial charge in [0, 0.05) is 23.7 Å². The average Bonchev–Trinajstić information content (AvgIpc) is 2.63.